The van der Waals surface area contributed by atoms with E-state index < -0.39 is 36.1 Å². The Morgan fingerprint density at radius 2 is 1.81 bits per heavy atom. The van der Waals surface area contributed by atoms with Crippen LogP contribution < -0.4 is 0 Å². The summed E-state index contributed by atoms with van der Waals surface area (Å²) < 4.78 is 16.3. The summed E-state index contributed by atoms with van der Waals surface area (Å²) in [7, 11) is 0. The molecular weight excluding hydrogens is 221 g/mol. The van der Waals surface area contributed by atoms with Crippen molar-refractivity contribution in [3.63, 3.8) is 0 Å². The molecule has 0 aromatic heterocycles. The van der Waals surface area contributed by atoms with Gasteiger partial charge in [0, 0.05) is 12.2 Å². The van der Waals surface area contributed by atoms with Gasteiger partial charge in [0.05, 0.1) is 0 Å². The molecule has 0 atom stereocenters. The summed E-state index contributed by atoms with van der Waals surface area (Å²) in [6.45, 7) is 2.00. The molecule has 0 spiro atoms. The number of hydrogen-bond acceptors (Lipinski definition) is 5. The fraction of sp³-hybridized carbons (Fsp3) is 0.111. The van der Waals surface area contributed by atoms with E-state index in [-0.39, 0.29) is 4.90 Å². The highest BCUT2D eigenvalue weighted by molar-refractivity contribution is 6.42. The molecule has 0 N–H and O–H groups in total. The largest absolute Gasteiger partial charge is 0.451 e. The van der Waals surface area contributed by atoms with Crippen LogP contribution in [0, 0.1) is 0 Å². The van der Waals surface area contributed by atoms with Crippen molar-refractivity contribution in [3.05, 3.63) is 24.6 Å². The van der Waals surface area contributed by atoms with E-state index in [1.54, 1.807) is 0 Å². The van der Waals surface area contributed by atoms with E-state index in [2.05, 4.69) is 11.3 Å². The molecule has 0 bridgehead atoms. The van der Waals surface area contributed by atoms with Crippen LogP contribution in [-0.4, -0.2) is 35.2 Å². The number of carbonyl (C=O) groups excluding carboxylic acids is 4. The minimum Gasteiger partial charge on any atom is -0.451 e. The Morgan fingerprint density at radius 1 is 1.31 bits per heavy atom. The summed E-state index contributed by atoms with van der Waals surface area (Å²) in [5.41, 5.74) is 0. The number of imide groups is 3. The first kappa shape index (κ1) is 11.8. The molecule has 0 aromatic carbocycles. The molecule has 1 heterocycles. The maximum Gasteiger partial charge on any atom is 0.398 e. The standard InChI is InChI=1S/C9H6FNO5/c1-5(10)4-16-9(15)8(14)11-6(12)2-3-7(11)13/h2-3H,1,4H2. The summed E-state index contributed by atoms with van der Waals surface area (Å²) in [5.74, 6) is -5.79. The molecule has 1 aliphatic heterocycles. The lowest BCUT2D eigenvalue weighted by Gasteiger charge is -2.10. The van der Waals surface area contributed by atoms with Crippen molar-refractivity contribution in [2.45, 2.75) is 0 Å². The van der Waals surface area contributed by atoms with Gasteiger partial charge in [-0.05, 0) is 0 Å². The monoisotopic (exact) mass is 227 g/mol. The van der Waals surface area contributed by atoms with Crippen LogP contribution in [0.1, 0.15) is 0 Å². The second-order valence-corrected chi connectivity index (χ2v) is 2.74. The van der Waals surface area contributed by atoms with Crippen molar-refractivity contribution in [2.75, 3.05) is 6.61 Å². The molecule has 1 aliphatic rings. The fourth-order valence-corrected chi connectivity index (χ4v) is 0.897. The van der Waals surface area contributed by atoms with E-state index in [0.717, 1.165) is 12.2 Å². The SMILES string of the molecule is C=C(F)COC(=O)C(=O)N1C(=O)C=CC1=O. The number of ether oxygens (including phenoxy) is 1. The molecule has 0 radical (unpaired) electrons. The molecule has 84 valence electrons. The van der Waals surface area contributed by atoms with Crippen LogP contribution in [0.15, 0.2) is 24.6 Å². The van der Waals surface area contributed by atoms with E-state index in [4.69, 9.17) is 0 Å². The predicted octanol–water partition coefficient (Wildman–Crippen LogP) is -0.536. The van der Waals surface area contributed by atoms with Crippen molar-refractivity contribution < 1.29 is 28.3 Å². The van der Waals surface area contributed by atoms with Gasteiger partial charge < -0.3 is 4.74 Å². The Morgan fingerprint density at radius 3 is 2.25 bits per heavy atom. The van der Waals surface area contributed by atoms with Gasteiger partial charge in [-0.15, -0.1) is 0 Å². The maximum absolute atomic E-state index is 12.1. The number of carbonyl (C=O) groups is 4. The van der Waals surface area contributed by atoms with Gasteiger partial charge in [-0.25, -0.2) is 14.1 Å². The van der Waals surface area contributed by atoms with Crippen molar-refractivity contribution >= 4 is 23.7 Å². The number of esters is 1. The Balaban J connectivity index is 2.65. The van der Waals surface area contributed by atoms with Gasteiger partial charge in [0.1, 0.15) is 12.4 Å². The normalized spacial score (nSPS) is 14.2. The predicted molar refractivity (Wildman–Crippen MR) is 47.2 cm³/mol. The zero-order valence-electron chi connectivity index (χ0n) is 7.94. The molecule has 0 aliphatic carbocycles. The van der Waals surface area contributed by atoms with Gasteiger partial charge in [-0.1, -0.05) is 6.58 Å². The van der Waals surface area contributed by atoms with Crippen LogP contribution in [0.25, 0.3) is 0 Å². The Hall–Kier alpha value is -2.31. The molecule has 7 heteroatoms. The number of rotatable bonds is 2. The van der Waals surface area contributed by atoms with Gasteiger partial charge in [0.25, 0.3) is 11.8 Å². The van der Waals surface area contributed by atoms with Crippen LogP contribution in [0.5, 0.6) is 0 Å². The molecule has 0 saturated heterocycles. The summed E-state index contributed by atoms with van der Waals surface area (Å²) in [6, 6.07) is 0. The lowest BCUT2D eigenvalue weighted by molar-refractivity contribution is -0.164. The first-order valence-electron chi connectivity index (χ1n) is 4.04. The number of nitrogens with zero attached hydrogens (tertiary/aromatic N) is 1. The van der Waals surface area contributed by atoms with Gasteiger partial charge in [-0.2, -0.15) is 0 Å². The Kier molecular flexibility index (Phi) is 3.29. The highest BCUT2D eigenvalue weighted by Gasteiger charge is 2.35. The van der Waals surface area contributed by atoms with Crippen molar-refractivity contribution in [2.24, 2.45) is 0 Å². The smallest absolute Gasteiger partial charge is 0.398 e. The zero-order chi connectivity index (χ0) is 12.3. The fourth-order valence-electron chi connectivity index (χ4n) is 0.897. The molecule has 0 unspecified atom stereocenters. The van der Waals surface area contributed by atoms with E-state index in [0.29, 0.717) is 0 Å². The molecular formula is C9H6FNO5. The van der Waals surface area contributed by atoms with Crippen LogP contribution in [0.2, 0.25) is 0 Å². The molecule has 0 saturated carbocycles. The lowest BCUT2D eigenvalue weighted by Crippen LogP contribution is -2.41. The van der Waals surface area contributed by atoms with Gasteiger partial charge >= 0.3 is 11.9 Å². The molecule has 0 fully saturated rings. The third-order valence-electron chi connectivity index (χ3n) is 1.55. The third-order valence-corrected chi connectivity index (χ3v) is 1.55. The van der Waals surface area contributed by atoms with Crippen molar-refractivity contribution in [1.29, 1.82) is 0 Å². The van der Waals surface area contributed by atoms with E-state index in [9.17, 15) is 23.6 Å². The minimum absolute atomic E-state index is 0.101. The maximum atomic E-state index is 12.1. The molecule has 6 nitrogen and oxygen atoms in total. The average Bonchev–Trinajstić information content (AvgIpc) is 2.54. The first-order chi connectivity index (χ1) is 7.43. The van der Waals surface area contributed by atoms with E-state index >= 15 is 0 Å². The minimum atomic E-state index is -1.50. The second-order valence-electron chi connectivity index (χ2n) is 2.74. The second kappa shape index (κ2) is 4.47. The first-order valence-corrected chi connectivity index (χ1v) is 4.04. The van der Waals surface area contributed by atoms with Crippen molar-refractivity contribution in [3.8, 4) is 0 Å². The van der Waals surface area contributed by atoms with E-state index in [1.165, 1.54) is 0 Å². The summed E-state index contributed by atoms with van der Waals surface area (Å²) >= 11 is 0. The topological polar surface area (TPSA) is 80.8 Å². The molecule has 3 amide bonds. The molecule has 1 rings (SSSR count). The Labute approximate surface area is 89.0 Å². The third kappa shape index (κ3) is 2.38. The van der Waals surface area contributed by atoms with Gasteiger partial charge in [0.15, 0.2) is 0 Å². The van der Waals surface area contributed by atoms with Crippen LogP contribution in [0.3, 0.4) is 0 Å². The van der Waals surface area contributed by atoms with E-state index in [1.807, 2.05) is 0 Å². The average molecular weight is 227 g/mol. The van der Waals surface area contributed by atoms with Crippen molar-refractivity contribution in [1.82, 2.24) is 4.90 Å². The highest BCUT2D eigenvalue weighted by Crippen LogP contribution is 2.05. The van der Waals surface area contributed by atoms with Crippen LogP contribution >= 0.6 is 0 Å². The van der Waals surface area contributed by atoms with Gasteiger partial charge in [-0.3, -0.25) is 14.4 Å². The quantitative estimate of drug-likeness (QED) is 0.359. The Bertz CT molecular complexity index is 408. The highest BCUT2D eigenvalue weighted by atomic mass is 19.1. The zero-order valence-corrected chi connectivity index (χ0v) is 7.94. The summed E-state index contributed by atoms with van der Waals surface area (Å²) in [5, 5.41) is 0. The molecule has 0 aromatic rings. The summed E-state index contributed by atoms with van der Waals surface area (Å²) in [4.78, 5) is 44.2. The number of halogens is 1. The number of hydrogen-bond donors (Lipinski definition) is 0. The molecule has 16 heavy (non-hydrogen) atoms. The number of amides is 3. The van der Waals surface area contributed by atoms with Crippen LogP contribution in [0.4, 0.5) is 4.39 Å². The lowest BCUT2D eigenvalue weighted by atomic mass is 10.5. The summed E-state index contributed by atoms with van der Waals surface area (Å²) in [6.07, 6.45) is 1.67. The van der Waals surface area contributed by atoms with Gasteiger partial charge in [0.2, 0.25) is 0 Å². The van der Waals surface area contributed by atoms with Crippen LogP contribution in [-0.2, 0) is 23.9 Å².